The predicted molar refractivity (Wildman–Crippen MR) is 131 cm³/mol. The van der Waals surface area contributed by atoms with Crippen LogP contribution in [0.5, 0.6) is 0 Å². The third-order valence-corrected chi connectivity index (χ3v) is 6.63. The summed E-state index contributed by atoms with van der Waals surface area (Å²) in [5, 5.41) is 6.74. The second-order valence-corrected chi connectivity index (χ2v) is 9.09. The first kappa shape index (κ1) is 22.8. The van der Waals surface area contributed by atoms with Crippen molar-refractivity contribution in [2.45, 2.75) is 63.5 Å². The lowest BCUT2D eigenvalue weighted by Crippen LogP contribution is -2.44. The van der Waals surface area contributed by atoms with Gasteiger partial charge in [0.15, 0.2) is 0 Å². The number of ether oxygens (including phenoxy) is 1. The molecule has 32 heavy (non-hydrogen) atoms. The summed E-state index contributed by atoms with van der Waals surface area (Å²) in [6, 6.07) is 19.4. The van der Waals surface area contributed by atoms with E-state index in [1.165, 1.54) is 24.1 Å². The van der Waals surface area contributed by atoms with Gasteiger partial charge < -0.3 is 20.3 Å². The lowest BCUT2D eigenvalue weighted by Gasteiger charge is -2.34. The van der Waals surface area contributed by atoms with Crippen molar-refractivity contribution in [3.8, 4) is 0 Å². The van der Waals surface area contributed by atoms with Gasteiger partial charge in [-0.05, 0) is 74.8 Å². The molecule has 1 atom stereocenters. The topological polar surface area (TPSA) is 53.6 Å². The maximum atomic E-state index is 12.3. The van der Waals surface area contributed by atoms with Crippen LogP contribution >= 0.6 is 0 Å². The Morgan fingerprint density at radius 3 is 2.47 bits per heavy atom. The van der Waals surface area contributed by atoms with Gasteiger partial charge in [0.05, 0.1) is 6.10 Å². The Morgan fingerprint density at radius 2 is 1.75 bits per heavy atom. The normalized spacial score (nSPS) is 19.2. The van der Waals surface area contributed by atoms with Crippen LogP contribution in [0.1, 0.15) is 50.5 Å². The minimum Gasteiger partial charge on any atom is -0.377 e. The molecule has 2 fully saturated rings. The van der Waals surface area contributed by atoms with Crippen LogP contribution in [-0.2, 0) is 16.0 Å². The number of hydrogen-bond acceptors (Lipinski definition) is 4. The van der Waals surface area contributed by atoms with Crippen LogP contribution in [0.3, 0.4) is 0 Å². The molecule has 5 nitrogen and oxygen atoms in total. The third kappa shape index (κ3) is 7.07. The molecule has 0 bridgehead atoms. The molecule has 0 radical (unpaired) electrons. The van der Waals surface area contributed by atoms with Gasteiger partial charge in [0, 0.05) is 50.1 Å². The number of benzene rings is 2. The number of carbonyl (C=O) groups is 1. The van der Waals surface area contributed by atoms with Crippen molar-refractivity contribution in [1.82, 2.24) is 5.32 Å². The predicted octanol–water partition coefficient (Wildman–Crippen LogP) is 4.78. The molecule has 172 valence electrons. The Labute approximate surface area is 192 Å². The Bertz CT molecular complexity index is 811. The summed E-state index contributed by atoms with van der Waals surface area (Å²) in [5.41, 5.74) is 3.46. The average Bonchev–Trinajstić information content (AvgIpc) is 3.36. The van der Waals surface area contributed by atoms with E-state index in [1.807, 2.05) is 18.2 Å². The molecule has 2 N–H and O–H groups in total. The van der Waals surface area contributed by atoms with E-state index in [2.05, 4.69) is 51.9 Å². The zero-order valence-electron chi connectivity index (χ0n) is 19.1. The maximum absolute atomic E-state index is 12.3. The molecule has 0 unspecified atom stereocenters. The van der Waals surface area contributed by atoms with E-state index in [0.29, 0.717) is 18.6 Å². The van der Waals surface area contributed by atoms with Crippen molar-refractivity contribution in [2.75, 3.05) is 36.5 Å². The lowest BCUT2D eigenvalue weighted by molar-refractivity contribution is -0.116. The second-order valence-electron chi connectivity index (χ2n) is 9.09. The van der Waals surface area contributed by atoms with Crippen molar-refractivity contribution in [1.29, 1.82) is 0 Å². The number of rotatable bonds is 10. The number of unbranched alkanes of at least 4 members (excludes halogenated alkanes) is 1. The molecule has 1 amide bonds. The molecule has 2 saturated heterocycles. The number of piperidine rings is 1. The summed E-state index contributed by atoms with van der Waals surface area (Å²) >= 11 is 0. The van der Waals surface area contributed by atoms with Crippen LogP contribution in [-0.4, -0.2) is 44.3 Å². The van der Waals surface area contributed by atoms with E-state index in [9.17, 15) is 4.79 Å². The summed E-state index contributed by atoms with van der Waals surface area (Å²) in [7, 11) is 0. The van der Waals surface area contributed by atoms with Crippen molar-refractivity contribution < 1.29 is 9.53 Å². The van der Waals surface area contributed by atoms with Crippen LogP contribution in [0.2, 0.25) is 0 Å². The quantitative estimate of drug-likeness (QED) is 0.528. The summed E-state index contributed by atoms with van der Waals surface area (Å²) in [6.45, 7) is 4.05. The largest absolute Gasteiger partial charge is 0.377 e. The average molecular weight is 436 g/mol. The van der Waals surface area contributed by atoms with Gasteiger partial charge in [0.1, 0.15) is 0 Å². The Morgan fingerprint density at radius 1 is 0.969 bits per heavy atom. The van der Waals surface area contributed by atoms with Gasteiger partial charge in [0.2, 0.25) is 5.91 Å². The molecule has 2 aliphatic heterocycles. The molecule has 2 aliphatic rings. The van der Waals surface area contributed by atoms with Crippen LogP contribution in [0.4, 0.5) is 11.4 Å². The molecular formula is C27H37N3O2. The highest BCUT2D eigenvalue weighted by molar-refractivity contribution is 5.90. The number of anilines is 2. The number of nitrogens with zero attached hydrogens (tertiary/aromatic N) is 1. The number of hydrogen-bond donors (Lipinski definition) is 2. The minimum absolute atomic E-state index is 0.101. The molecule has 0 aromatic heterocycles. The third-order valence-electron chi connectivity index (χ3n) is 6.63. The van der Waals surface area contributed by atoms with Gasteiger partial charge in [-0.3, -0.25) is 4.79 Å². The molecule has 0 saturated carbocycles. The molecule has 4 rings (SSSR count). The van der Waals surface area contributed by atoms with Crippen LogP contribution in [0, 0.1) is 0 Å². The van der Waals surface area contributed by atoms with Gasteiger partial charge in [-0.2, -0.15) is 0 Å². The van der Waals surface area contributed by atoms with Crippen molar-refractivity contribution in [3.63, 3.8) is 0 Å². The number of nitrogens with one attached hydrogen (secondary N) is 2. The van der Waals surface area contributed by atoms with Gasteiger partial charge >= 0.3 is 0 Å². The Balaban J connectivity index is 1.13. The number of amides is 1. The molecule has 0 spiro atoms. The zero-order valence-corrected chi connectivity index (χ0v) is 19.1. The van der Waals surface area contributed by atoms with Gasteiger partial charge in [0.25, 0.3) is 0 Å². The van der Waals surface area contributed by atoms with E-state index in [1.54, 1.807) is 0 Å². The Hall–Kier alpha value is -2.37. The summed E-state index contributed by atoms with van der Waals surface area (Å²) in [6.07, 6.45) is 8.69. The SMILES string of the molecule is O=C(CCCCc1ccccc1)Nc1ccc(N2CCC(NC[C@@H]3CCCO3)CC2)cc1. The smallest absolute Gasteiger partial charge is 0.224 e. The number of aryl methyl sites for hydroxylation is 1. The van der Waals surface area contributed by atoms with Gasteiger partial charge in [-0.1, -0.05) is 30.3 Å². The van der Waals surface area contributed by atoms with Gasteiger partial charge in [-0.15, -0.1) is 0 Å². The van der Waals surface area contributed by atoms with Crippen LogP contribution < -0.4 is 15.5 Å². The first-order valence-corrected chi connectivity index (χ1v) is 12.3. The van der Waals surface area contributed by atoms with Crippen LogP contribution in [0.25, 0.3) is 0 Å². The molecule has 0 aliphatic carbocycles. The fourth-order valence-corrected chi connectivity index (χ4v) is 4.68. The molecule has 2 heterocycles. The monoisotopic (exact) mass is 435 g/mol. The van der Waals surface area contributed by atoms with Crippen LogP contribution in [0.15, 0.2) is 54.6 Å². The number of carbonyl (C=O) groups excluding carboxylic acids is 1. The van der Waals surface area contributed by atoms with E-state index in [4.69, 9.17) is 4.74 Å². The lowest BCUT2D eigenvalue weighted by atomic mass is 10.0. The summed E-state index contributed by atoms with van der Waals surface area (Å²) < 4.78 is 5.72. The van der Waals surface area contributed by atoms with Crippen molar-refractivity contribution in [2.24, 2.45) is 0 Å². The minimum atomic E-state index is 0.101. The van der Waals surface area contributed by atoms with Crippen molar-refractivity contribution in [3.05, 3.63) is 60.2 Å². The van der Waals surface area contributed by atoms with E-state index in [-0.39, 0.29) is 5.91 Å². The van der Waals surface area contributed by atoms with E-state index < -0.39 is 0 Å². The fraction of sp³-hybridized carbons (Fsp3) is 0.519. The highest BCUT2D eigenvalue weighted by atomic mass is 16.5. The zero-order chi connectivity index (χ0) is 22.0. The molecular weight excluding hydrogens is 398 g/mol. The maximum Gasteiger partial charge on any atom is 0.224 e. The van der Waals surface area contributed by atoms with Crippen molar-refractivity contribution >= 4 is 17.3 Å². The summed E-state index contributed by atoms with van der Waals surface area (Å²) in [4.78, 5) is 14.7. The van der Waals surface area contributed by atoms with E-state index >= 15 is 0 Å². The Kier molecular flexibility index (Phi) is 8.57. The molecule has 2 aromatic carbocycles. The molecule has 2 aromatic rings. The highest BCUT2D eigenvalue weighted by Crippen LogP contribution is 2.23. The second kappa shape index (κ2) is 12.0. The first-order valence-electron chi connectivity index (χ1n) is 12.3. The van der Waals surface area contributed by atoms with E-state index in [0.717, 1.165) is 64.0 Å². The fourth-order valence-electron chi connectivity index (χ4n) is 4.68. The standard InChI is InChI=1S/C27H37N3O2/c31-27(11-5-4-9-22-7-2-1-3-8-22)29-24-12-14-25(15-13-24)30-18-16-23(17-19-30)28-21-26-10-6-20-32-26/h1-3,7-8,12-15,23,26,28H,4-6,9-11,16-21H2,(H,29,31)/t26-/m0/s1. The highest BCUT2D eigenvalue weighted by Gasteiger charge is 2.21. The van der Waals surface area contributed by atoms with Gasteiger partial charge in [-0.25, -0.2) is 0 Å². The summed E-state index contributed by atoms with van der Waals surface area (Å²) in [5.74, 6) is 0.101. The molecule has 5 heteroatoms. The first-order chi connectivity index (χ1) is 15.8.